The van der Waals surface area contributed by atoms with Crippen LogP contribution in [0.2, 0.25) is 6.04 Å². The van der Waals surface area contributed by atoms with E-state index < -0.39 is 8.80 Å². The Labute approximate surface area is 124 Å². The molecule has 7 heteroatoms. The fourth-order valence-corrected chi connectivity index (χ4v) is 4.36. The highest BCUT2D eigenvalue weighted by Crippen LogP contribution is 2.19. The second-order valence-corrected chi connectivity index (χ2v) is 8.59. The fraction of sp³-hybridized carbons (Fsp3) is 1.00. The zero-order chi connectivity index (χ0) is 15.0. The van der Waals surface area contributed by atoms with E-state index in [0.717, 1.165) is 45.1 Å². The first-order valence-corrected chi connectivity index (χ1v) is 9.27. The van der Waals surface area contributed by atoms with Crippen molar-refractivity contribution in [2.75, 3.05) is 61.6 Å². The first-order chi connectivity index (χ1) is 9.56. The van der Waals surface area contributed by atoms with Crippen LogP contribution in [0.15, 0.2) is 0 Å². The van der Waals surface area contributed by atoms with Crippen LogP contribution in [-0.4, -0.2) is 86.4 Å². The van der Waals surface area contributed by atoms with Gasteiger partial charge in [-0.3, -0.25) is 4.90 Å². The fourth-order valence-electron chi connectivity index (χ4n) is 2.61. The van der Waals surface area contributed by atoms with Crippen LogP contribution in [0.25, 0.3) is 0 Å². The number of nitrogens with one attached hydrogen (secondary N) is 1. The van der Waals surface area contributed by atoms with Gasteiger partial charge in [0.15, 0.2) is 0 Å². The van der Waals surface area contributed by atoms with Crippen molar-refractivity contribution in [2.24, 2.45) is 0 Å². The Morgan fingerprint density at radius 3 is 2.40 bits per heavy atom. The molecule has 20 heavy (non-hydrogen) atoms. The molecule has 0 amide bonds. The lowest BCUT2D eigenvalue weighted by molar-refractivity contribution is 0.121. The van der Waals surface area contributed by atoms with Crippen molar-refractivity contribution >= 4 is 8.80 Å². The summed E-state index contributed by atoms with van der Waals surface area (Å²) in [4.78, 5) is 4.75. The second kappa shape index (κ2) is 9.09. The minimum atomic E-state index is -2.40. The van der Waals surface area contributed by atoms with Crippen molar-refractivity contribution in [1.29, 1.82) is 0 Å². The van der Waals surface area contributed by atoms with E-state index in [4.69, 9.17) is 13.3 Å². The molecule has 1 aliphatic heterocycles. The predicted molar refractivity (Wildman–Crippen MR) is 82.7 cm³/mol. The van der Waals surface area contributed by atoms with E-state index >= 15 is 0 Å². The molecule has 0 bridgehead atoms. The van der Waals surface area contributed by atoms with Crippen LogP contribution in [0.4, 0.5) is 0 Å². The van der Waals surface area contributed by atoms with Gasteiger partial charge in [-0.15, -0.1) is 0 Å². The quantitative estimate of drug-likeness (QED) is 0.591. The van der Waals surface area contributed by atoms with Crippen molar-refractivity contribution in [3.05, 3.63) is 0 Å². The van der Waals surface area contributed by atoms with E-state index in [9.17, 15) is 0 Å². The molecule has 1 heterocycles. The third kappa shape index (κ3) is 5.40. The Hall–Kier alpha value is -0.0231. The van der Waals surface area contributed by atoms with Gasteiger partial charge >= 0.3 is 8.80 Å². The molecule has 1 fully saturated rings. The molecule has 0 aromatic rings. The van der Waals surface area contributed by atoms with Crippen molar-refractivity contribution in [3.8, 4) is 0 Å². The summed E-state index contributed by atoms with van der Waals surface area (Å²) in [5.41, 5.74) is 0. The average molecular weight is 305 g/mol. The van der Waals surface area contributed by atoms with E-state index in [1.807, 2.05) is 0 Å². The Balaban J connectivity index is 2.32. The van der Waals surface area contributed by atoms with Crippen LogP contribution in [-0.2, 0) is 13.3 Å². The molecule has 120 valence electrons. The first kappa shape index (κ1) is 18.0. The van der Waals surface area contributed by atoms with Gasteiger partial charge in [0.25, 0.3) is 0 Å². The van der Waals surface area contributed by atoms with Gasteiger partial charge in [0.1, 0.15) is 0 Å². The summed E-state index contributed by atoms with van der Waals surface area (Å²) in [6.07, 6.45) is 2.64. The number of hydrogen-bond acceptors (Lipinski definition) is 6. The third-order valence-electron chi connectivity index (χ3n) is 3.95. The molecule has 0 saturated carbocycles. The first-order valence-electron chi connectivity index (χ1n) is 7.34. The molecule has 6 nitrogen and oxygen atoms in total. The minimum Gasteiger partial charge on any atom is -0.377 e. The molecule has 1 unspecified atom stereocenters. The van der Waals surface area contributed by atoms with Crippen LogP contribution < -0.4 is 5.32 Å². The SMILES string of the molecule is CO[Si](CCCC1NCCN1CCN(C)C)(OC)OC. The second-order valence-electron chi connectivity index (χ2n) is 5.50. The van der Waals surface area contributed by atoms with Gasteiger partial charge in [0, 0.05) is 53.6 Å². The number of hydrogen-bond donors (Lipinski definition) is 1. The molecule has 1 saturated heterocycles. The molecule has 1 rings (SSSR count). The van der Waals surface area contributed by atoms with Crippen LogP contribution in [0.1, 0.15) is 12.8 Å². The van der Waals surface area contributed by atoms with Crippen LogP contribution >= 0.6 is 0 Å². The zero-order valence-electron chi connectivity index (χ0n) is 13.6. The van der Waals surface area contributed by atoms with E-state index in [0.29, 0.717) is 6.17 Å². The molecule has 0 aromatic heterocycles. The highest BCUT2D eigenvalue weighted by molar-refractivity contribution is 6.60. The van der Waals surface area contributed by atoms with Crippen molar-refractivity contribution in [1.82, 2.24) is 15.1 Å². The Morgan fingerprint density at radius 2 is 1.85 bits per heavy atom. The van der Waals surface area contributed by atoms with E-state index in [1.165, 1.54) is 0 Å². The van der Waals surface area contributed by atoms with Crippen LogP contribution in [0.3, 0.4) is 0 Å². The standard InChI is InChI=1S/C13H31N3O3Si/c1-15(2)10-11-16-9-8-14-13(16)7-6-12-20(17-3,18-4)19-5/h13-14H,6-12H2,1-5H3. The molecular weight excluding hydrogens is 274 g/mol. The summed E-state index contributed by atoms with van der Waals surface area (Å²) < 4.78 is 16.4. The highest BCUT2D eigenvalue weighted by Gasteiger charge is 2.37. The van der Waals surface area contributed by atoms with Gasteiger partial charge in [-0.2, -0.15) is 0 Å². The molecule has 0 radical (unpaired) electrons. The van der Waals surface area contributed by atoms with Crippen molar-refractivity contribution in [2.45, 2.75) is 25.1 Å². The lowest BCUT2D eigenvalue weighted by Gasteiger charge is -2.27. The van der Waals surface area contributed by atoms with E-state index in [-0.39, 0.29) is 0 Å². The number of likely N-dealkylation sites (N-methyl/N-ethyl adjacent to an activating group) is 1. The minimum absolute atomic E-state index is 0.479. The summed E-state index contributed by atoms with van der Waals surface area (Å²) in [5, 5.41) is 3.57. The Bertz CT molecular complexity index is 257. The third-order valence-corrected chi connectivity index (χ3v) is 6.78. The van der Waals surface area contributed by atoms with Crippen molar-refractivity contribution in [3.63, 3.8) is 0 Å². The van der Waals surface area contributed by atoms with E-state index in [2.05, 4.69) is 29.2 Å². The van der Waals surface area contributed by atoms with Crippen molar-refractivity contribution < 1.29 is 13.3 Å². The maximum absolute atomic E-state index is 5.46. The highest BCUT2D eigenvalue weighted by atomic mass is 28.4. The molecule has 0 spiro atoms. The summed E-state index contributed by atoms with van der Waals surface area (Å²) in [7, 11) is 6.87. The summed E-state index contributed by atoms with van der Waals surface area (Å²) in [5.74, 6) is 0. The maximum atomic E-state index is 5.46. The zero-order valence-corrected chi connectivity index (χ0v) is 14.6. The van der Waals surface area contributed by atoms with Gasteiger partial charge in [0.05, 0.1) is 6.17 Å². The molecular formula is C13H31N3O3Si. The topological polar surface area (TPSA) is 46.2 Å². The van der Waals surface area contributed by atoms with Gasteiger partial charge in [-0.1, -0.05) is 0 Å². The van der Waals surface area contributed by atoms with Gasteiger partial charge in [0.2, 0.25) is 0 Å². The lowest BCUT2D eigenvalue weighted by Crippen LogP contribution is -2.43. The normalized spacial score (nSPS) is 21.0. The maximum Gasteiger partial charge on any atom is 0.500 e. The van der Waals surface area contributed by atoms with Gasteiger partial charge in [-0.05, 0) is 26.9 Å². The number of nitrogens with zero attached hydrogens (tertiary/aromatic N) is 2. The Kier molecular flexibility index (Phi) is 8.19. The monoisotopic (exact) mass is 305 g/mol. The Morgan fingerprint density at radius 1 is 1.20 bits per heavy atom. The number of rotatable bonds is 10. The van der Waals surface area contributed by atoms with Crippen LogP contribution in [0, 0.1) is 0 Å². The average Bonchev–Trinajstić information content (AvgIpc) is 2.89. The van der Waals surface area contributed by atoms with Crippen LogP contribution in [0.5, 0.6) is 0 Å². The summed E-state index contributed by atoms with van der Waals surface area (Å²) in [6.45, 7) is 4.44. The van der Waals surface area contributed by atoms with E-state index in [1.54, 1.807) is 21.3 Å². The largest absolute Gasteiger partial charge is 0.500 e. The molecule has 1 atom stereocenters. The molecule has 1 aliphatic rings. The lowest BCUT2D eigenvalue weighted by atomic mass is 10.2. The summed E-state index contributed by atoms with van der Waals surface area (Å²) in [6, 6.07) is 0.871. The summed E-state index contributed by atoms with van der Waals surface area (Å²) >= 11 is 0. The smallest absolute Gasteiger partial charge is 0.377 e. The molecule has 0 aromatic carbocycles. The van der Waals surface area contributed by atoms with Gasteiger partial charge < -0.3 is 23.5 Å². The predicted octanol–water partition coefficient (Wildman–Crippen LogP) is 0.438. The molecule has 0 aliphatic carbocycles. The van der Waals surface area contributed by atoms with Gasteiger partial charge in [-0.25, -0.2) is 0 Å². The molecule has 1 N–H and O–H groups in total.